The minimum Gasteiger partial charge on any atom is -0.480 e. The van der Waals surface area contributed by atoms with Crippen LogP contribution in [0.15, 0.2) is 59.5 Å². The average molecular weight is 354 g/mol. The van der Waals surface area contributed by atoms with Crippen LogP contribution in [0.5, 0.6) is 0 Å². The summed E-state index contributed by atoms with van der Waals surface area (Å²) < 4.78 is 26.6. The lowest BCUT2D eigenvalue weighted by Crippen LogP contribution is -2.42. The number of aliphatic carboxylic acids is 1. The molecule has 23 heavy (non-hydrogen) atoms. The van der Waals surface area contributed by atoms with Gasteiger partial charge in [-0.05, 0) is 30.7 Å². The van der Waals surface area contributed by atoms with Gasteiger partial charge in [0.1, 0.15) is 6.04 Å². The standard InChI is InChI=1S/C16H16ClNO4S/c1-12(16(19)20)18(11-13-7-5-6-10-15(13)17)23(21,22)14-8-3-2-4-9-14/h2-10,12H,11H2,1H3,(H,19,20). The average Bonchev–Trinajstić information content (AvgIpc) is 2.54. The van der Waals surface area contributed by atoms with Crippen LogP contribution in [0, 0.1) is 0 Å². The zero-order chi connectivity index (χ0) is 17.0. The number of hydrogen-bond acceptors (Lipinski definition) is 3. The van der Waals surface area contributed by atoms with E-state index in [0.717, 1.165) is 4.31 Å². The SMILES string of the molecule is CC(C(=O)O)N(Cc1ccccc1Cl)S(=O)(=O)c1ccccc1. The number of rotatable bonds is 6. The van der Waals surface area contributed by atoms with Crippen molar-refractivity contribution in [3.63, 3.8) is 0 Å². The lowest BCUT2D eigenvalue weighted by molar-refractivity contribution is -0.141. The maximum absolute atomic E-state index is 12.8. The number of halogens is 1. The molecule has 0 aromatic heterocycles. The number of benzene rings is 2. The molecule has 2 rings (SSSR count). The van der Waals surface area contributed by atoms with E-state index < -0.39 is 22.0 Å². The Morgan fingerprint density at radius 2 is 1.70 bits per heavy atom. The molecule has 0 fully saturated rings. The van der Waals surface area contributed by atoms with E-state index in [1.165, 1.54) is 19.1 Å². The minimum absolute atomic E-state index is 0.0418. The third-order valence-electron chi connectivity index (χ3n) is 3.42. The highest BCUT2D eigenvalue weighted by Crippen LogP contribution is 2.24. The van der Waals surface area contributed by atoms with Crippen molar-refractivity contribution >= 4 is 27.6 Å². The minimum atomic E-state index is -3.97. The van der Waals surface area contributed by atoms with Crippen LogP contribution in [0.3, 0.4) is 0 Å². The quantitative estimate of drug-likeness (QED) is 0.866. The van der Waals surface area contributed by atoms with Crippen molar-refractivity contribution in [2.75, 3.05) is 0 Å². The Morgan fingerprint density at radius 1 is 1.13 bits per heavy atom. The topological polar surface area (TPSA) is 74.7 Å². The second-order valence-corrected chi connectivity index (χ2v) is 7.27. The summed E-state index contributed by atoms with van der Waals surface area (Å²) in [5.41, 5.74) is 0.543. The van der Waals surface area contributed by atoms with Gasteiger partial charge in [0.25, 0.3) is 0 Å². The first-order chi connectivity index (χ1) is 10.8. The molecule has 0 radical (unpaired) electrons. The highest BCUT2D eigenvalue weighted by atomic mass is 35.5. The molecule has 5 nitrogen and oxygen atoms in total. The van der Waals surface area contributed by atoms with Gasteiger partial charge in [0, 0.05) is 11.6 Å². The van der Waals surface area contributed by atoms with Crippen LogP contribution in [-0.4, -0.2) is 29.8 Å². The Hall–Kier alpha value is -1.89. The Bertz CT molecular complexity index is 793. The maximum atomic E-state index is 12.8. The highest BCUT2D eigenvalue weighted by molar-refractivity contribution is 7.89. The first-order valence-electron chi connectivity index (χ1n) is 6.87. The lowest BCUT2D eigenvalue weighted by atomic mass is 10.2. The molecule has 0 amide bonds. The van der Waals surface area contributed by atoms with E-state index in [9.17, 15) is 18.3 Å². The van der Waals surface area contributed by atoms with Gasteiger partial charge in [-0.3, -0.25) is 4.79 Å². The fourth-order valence-electron chi connectivity index (χ4n) is 2.08. The third-order valence-corrected chi connectivity index (χ3v) is 5.72. The van der Waals surface area contributed by atoms with Gasteiger partial charge in [0.05, 0.1) is 4.90 Å². The molecular formula is C16H16ClNO4S. The number of carboxylic acids is 1. The molecule has 122 valence electrons. The van der Waals surface area contributed by atoms with Gasteiger partial charge < -0.3 is 5.11 Å². The van der Waals surface area contributed by atoms with Crippen molar-refractivity contribution in [2.24, 2.45) is 0 Å². The zero-order valence-corrected chi connectivity index (χ0v) is 14.0. The first-order valence-corrected chi connectivity index (χ1v) is 8.69. The molecule has 1 unspecified atom stereocenters. The van der Waals surface area contributed by atoms with Crippen molar-refractivity contribution in [3.05, 3.63) is 65.2 Å². The van der Waals surface area contributed by atoms with Crippen LogP contribution >= 0.6 is 11.6 Å². The van der Waals surface area contributed by atoms with E-state index in [4.69, 9.17) is 11.6 Å². The Balaban J connectivity index is 2.47. The molecule has 0 aliphatic heterocycles. The molecular weight excluding hydrogens is 338 g/mol. The molecule has 0 aliphatic rings. The molecule has 7 heteroatoms. The van der Waals surface area contributed by atoms with Crippen molar-refractivity contribution in [3.8, 4) is 0 Å². The molecule has 0 spiro atoms. The predicted molar refractivity (Wildman–Crippen MR) is 87.7 cm³/mol. The van der Waals surface area contributed by atoms with Crippen molar-refractivity contribution < 1.29 is 18.3 Å². The second-order valence-electron chi connectivity index (χ2n) is 4.97. The molecule has 0 aliphatic carbocycles. The van der Waals surface area contributed by atoms with Crippen molar-refractivity contribution in [1.82, 2.24) is 4.31 Å². The number of hydrogen-bond donors (Lipinski definition) is 1. The van der Waals surface area contributed by atoms with Crippen LogP contribution in [0.25, 0.3) is 0 Å². The summed E-state index contributed by atoms with van der Waals surface area (Å²) in [6, 6.07) is 13.3. The molecule has 2 aromatic rings. The van der Waals surface area contributed by atoms with E-state index in [0.29, 0.717) is 10.6 Å². The first kappa shape index (κ1) is 17.5. The van der Waals surface area contributed by atoms with Gasteiger partial charge in [0.15, 0.2) is 0 Å². The zero-order valence-electron chi connectivity index (χ0n) is 12.4. The van der Waals surface area contributed by atoms with Crippen LogP contribution in [0.1, 0.15) is 12.5 Å². The molecule has 2 aromatic carbocycles. The molecule has 0 saturated heterocycles. The van der Waals surface area contributed by atoms with Gasteiger partial charge in [-0.25, -0.2) is 8.42 Å². The van der Waals surface area contributed by atoms with E-state index in [1.807, 2.05) is 0 Å². The Morgan fingerprint density at radius 3 is 2.26 bits per heavy atom. The largest absolute Gasteiger partial charge is 0.480 e. The summed E-state index contributed by atoms with van der Waals surface area (Å²) in [5.74, 6) is -1.23. The van der Waals surface area contributed by atoms with Crippen LogP contribution < -0.4 is 0 Å². The monoisotopic (exact) mass is 353 g/mol. The summed E-state index contributed by atoms with van der Waals surface area (Å²) in [5, 5.41) is 9.66. The van der Waals surface area contributed by atoms with Crippen molar-refractivity contribution in [2.45, 2.75) is 24.4 Å². The van der Waals surface area contributed by atoms with Gasteiger partial charge in [-0.2, -0.15) is 4.31 Å². The molecule has 0 bridgehead atoms. The molecule has 0 saturated carbocycles. The normalized spacial score (nSPS) is 13.0. The van der Waals surface area contributed by atoms with Gasteiger partial charge in [-0.1, -0.05) is 48.0 Å². The summed E-state index contributed by atoms with van der Waals surface area (Å²) >= 11 is 6.08. The maximum Gasteiger partial charge on any atom is 0.321 e. The smallest absolute Gasteiger partial charge is 0.321 e. The van der Waals surface area contributed by atoms with E-state index in [2.05, 4.69) is 0 Å². The fraction of sp³-hybridized carbons (Fsp3) is 0.188. The fourth-order valence-corrected chi connectivity index (χ4v) is 3.86. The van der Waals surface area contributed by atoms with Crippen LogP contribution in [0.4, 0.5) is 0 Å². The number of sulfonamides is 1. The summed E-state index contributed by atoms with van der Waals surface area (Å²) in [7, 11) is -3.97. The van der Waals surface area contributed by atoms with E-state index in [-0.39, 0.29) is 11.4 Å². The van der Waals surface area contributed by atoms with Crippen LogP contribution in [-0.2, 0) is 21.4 Å². The lowest BCUT2D eigenvalue weighted by Gasteiger charge is -2.26. The van der Waals surface area contributed by atoms with Crippen molar-refractivity contribution in [1.29, 1.82) is 0 Å². The third kappa shape index (κ3) is 3.90. The Labute approximate surface area is 140 Å². The summed E-state index contributed by atoms with van der Waals surface area (Å²) in [6.07, 6.45) is 0. The van der Waals surface area contributed by atoms with E-state index in [1.54, 1.807) is 42.5 Å². The molecule has 0 heterocycles. The second kappa shape index (κ2) is 7.12. The van der Waals surface area contributed by atoms with Gasteiger partial charge in [0.2, 0.25) is 10.0 Å². The number of carboxylic acid groups (broad SMARTS) is 1. The molecule has 1 atom stereocenters. The van der Waals surface area contributed by atoms with Gasteiger partial charge in [-0.15, -0.1) is 0 Å². The number of carbonyl (C=O) groups is 1. The number of nitrogens with zero attached hydrogens (tertiary/aromatic N) is 1. The molecule has 1 N–H and O–H groups in total. The summed E-state index contributed by atoms with van der Waals surface area (Å²) in [4.78, 5) is 11.4. The summed E-state index contributed by atoms with van der Waals surface area (Å²) in [6.45, 7) is 1.21. The van der Waals surface area contributed by atoms with Gasteiger partial charge >= 0.3 is 5.97 Å². The van der Waals surface area contributed by atoms with Crippen LogP contribution in [0.2, 0.25) is 5.02 Å². The highest BCUT2D eigenvalue weighted by Gasteiger charge is 2.33. The Kier molecular flexibility index (Phi) is 5.41. The predicted octanol–water partition coefficient (Wildman–Crippen LogP) is 3.00. The van der Waals surface area contributed by atoms with E-state index >= 15 is 0 Å².